The maximum Gasteiger partial charge on any atom is 0.404 e. The molecule has 0 aliphatic carbocycles. The van der Waals surface area contributed by atoms with Gasteiger partial charge in [-0.25, -0.2) is 4.79 Å². The van der Waals surface area contributed by atoms with Gasteiger partial charge in [0.05, 0.1) is 12.1 Å². The Morgan fingerprint density at radius 1 is 1.58 bits per heavy atom. The van der Waals surface area contributed by atoms with Crippen molar-refractivity contribution >= 4 is 6.09 Å². The number of unbranched alkanes of at least 4 members (excludes halogenated alkanes) is 1. The maximum atomic E-state index is 10.2. The molecule has 0 aliphatic rings. The molecule has 0 fully saturated rings. The van der Waals surface area contributed by atoms with Crippen LogP contribution in [0.1, 0.15) is 33.1 Å². The molecule has 0 bridgehead atoms. The molecule has 0 heterocycles. The molecule has 4 heteroatoms. The highest BCUT2D eigenvalue weighted by atomic mass is 16.4. The molecule has 0 saturated heterocycles. The van der Waals surface area contributed by atoms with Gasteiger partial charge in [0.2, 0.25) is 0 Å². The summed E-state index contributed by atoms with van der Waals surface area (Å²) in [5, 5.41) is 19.9. The van der Waals surface area contributed by atoms with E-state index in [1.165, 1.54) is 0 Å². The summed E-state index contributed by atoms with van der Waals surface area (Å²) in [5.74, 6) is 0. The summed E-state index contributed by atoms with van der Waals surface area (Å²) in [6.07, 6.45) is 0.931. The third-order valence-corrected chi connectivity index (χ3v) is 1.78. The molecule has 0 radical (unpaired) electrons. The highest BCUT2D eigenvalue weighted by Gasteiger charge is 2.14. The third-order valence-electron chi connectivity index (χ3n) is 1.78. The average Bonchev–Trinajstić information content (AvgIpc) is 1.98. The van der Waals surface area contributed by atoms with Crippen molar-refractivity contribution in [1.29, 1.82) is 0 Å². The lowest BCUT2D eigenvalue weighted by Crippen LogP contribution is -2.40. The smallest absolute Gasteiger partial charge is 0.404 e. The lowest BCUT2D eigenvalue weighted by molar-refractivity contribution is 0.116. The minimum Gasteiger partial charge on any atom is -0.465 e. The third kappa shape index (κ3) is 4.96. The van der Waals surface area contributed by atoms with Crippen molar-refractivity contribution in [3.05, 3.63) is 0 Å². The summed E-state index contributed by atoms with van der Waals surface area (Å²) in [6.45, 7) is 3.69. The number of carbonyl (C=O) groups is 1. The highest BCUT2D eigenvalue weighted by Crippen LogP contribution is 2.03. The van der Waals surface area contributed by atoms with Crippen LogP contribution in [0.4, 0.5) is 4.79 Å². The molecule has 12 heavy (non-hydrogen) atoms. The van der Waals surface area contributed by atoms with Crippen LogP contribution in [-0.4, -0.2) is 28.5 Å². The zero-order chi connectivity index (χ0) is 9.56. The highest BCUT2D eigenvalue weighted by molar-refractivity contribution is 5.64. The van der Waals surface area contributed by atoms with Crippen LogP contribution in [0, 0.1) is 0 Å². The zero-order valence-electron chi connectivity index (χ0n) is 7.58. The van der Waals surface area contributed by atoms with E-state index in [1.807, 2.05) is 6.92 Å². The van der Waals surface area contributed by atoms with Crippen molar-refractivity contribution in [3.63, 3.8) is 0 Å². The Kier molecular flexibility index (Phi) is 5.45. The van der Waals surface area contributed by atoms with Crippen molar-refractivity contribution in [2.75, 3.05) is 0 Å². The second kappa shape index (κ2) is 5.83. The first-order valence-electron chi connectivity index (χ1n) is 4.25. The molecule has 0 aromatic carbocycles. The Morgan fingerprint density at radius 3 is 2.58 bits per heavy atom. The number of hydrogen-bond acceptors (Lipinski definition) is 2. The fraction of sp³-hybridized carbons (Fsp3) is 0.875. The molecule has 0 rings (SSSR count). The molecule has 0 saturated carbocycles. The number of nitrogens with one attached hydrogen (secondary N) is 1. The van der Waals surface area contributed by atoms with Gasteiger partial charge in [-0.3, -0.25) is 0 Å². The second-order valence-electron chi connectivity index (χ2n) is 2.95. The SMILES string of the molecule is CCCCC(O)[C@H](C)NC(=O)O. The maximum absolute atomic E-state index is 10.2. The number of aliphatic hydroxyl groups is 1. The van der Waals surface area contributed by atoms with E-state index in [9.17, 15) is 9.90 Å². The minimum atomic E-state index is -1.09. The van der Waals surface area contributed by atoms with E-state index >= 15 is 0 Å². The normalized spacial score (nSPS) is 15.2. The second-order valence-corrected chi connectivity index (χ2v) is 2.95. The van der Waals surface area contributed by atoms with Gasteiger partial charge in [-0.2, -0.15) is 0 Å². The molecule has 0 aromatic heterocycles. The van der Waals surface area contributed by atoms with Crippen molar-refractivity contribution in [3.8, 4) is 0 Å². The van der Waals surface area contributed by atoms with Crippen molar-refractivity contribution in [2.24, 2.45) is 0 Å². The van der Waals surface area contributed by atoms with Crippen molar-refractivity contribution < 1.29 is 15.0 Å². The first-order valence-corrected chi connectivity index (χ1v) is 4.25. The quantitative estimate of drug-likeness (QED) is 0.588. The zero-order valence-corrected chi connectivity index (χ0v) is 7.58. The molecule has 3 N–H and O–H groups in total. The predicted octanol–water partition coefficient (Wildman–Crippen LogP) is 1.19. The lowest BCUT2D eigenvalue weighted by atomic mass is 10.1. The van der Waals surface area contributed by atoms with Crippen LogP contribution in [-0.2, 0) is 0 Å². The monoisotopic (exact) mass is 175 g/mol. The van der Waals surface area contributed by atoms with E-state index in [0.717, 1.165) is 12.8 Å². The van der Waals surface area contributed by atoms with E-state index in [4.69, 9.17) is 5.11 Å². The van der Waals surface area contributed by atoms with Crippen LogP contribution >= 0.6 is 0 Å². The van der Waals surface area contributed by atoms with Crippen molar-refractivity contribution in [1.82, 2.24) is 5.32 Å². The van der Waals surface area contributed by atoms with Gasteiger partial charge in [0.25, 0.3) is 0 Å². The Balaban J connectivity index is 3.60. The van der Waals surface area contributed by atoms with E-state index in [0.29, 0.717) is 6.42 Å². The van der Waals surface area contributed by atoms with E-state index in [1.54, 1.807) is 6.92 Å². The van der Waals surface area contributed by atoms with Crippen LogP contribution in [0.25, 0.3) is 0 Å². The van der Waals surface area contributed by atoms with Gasteiger partial charge in [-0.05, 0) is 13.3 Å². The van der Waals surface area contributed by atoms with E-state index in [2.05, 4.69) is 5.32 Å². The summed E-state index contributed by atoms with van der Waals surface area (Å²) >= 11 is 0. The summed E-state index contributed by atoms with van der Waals surface area (Å²) in [5.41, 5.74) is 0. The topological polar surface area (TPSA) is 69.6 Å². The Morgan fingerprint density at radius 2 is 2.17 bits per heavy atom. The van der Waals surface area contributed by atoms with E-state index < -0.39 is 12.2 Å². The first-order chi connectivity index (χ1) is 5.57. The summed E-state index contributed by atoms with van der Waals surface area (Å²) in [4.78, 5) is 10.2. The van der Waals surface area contributed by atoms with Gasteiger partial charge in [-0.1, -0.05) is 19.8 Å². The molecule has 72 valence electrons. The standard InChI is InChI=1S/C8H17NO3/c1-3-4-5-7(10)6(2)9-8(11)12/h6-7,9-10H,3-5H2,1-2H3,(H,11,12)/t6-,7?/m0/s1. The minimum absolute atomic E-state index is 0.381. The molecule has 1 unspecified atom stereocenters. The summed E-state index contributed by atoms with van der Waals surface area (Å²) < 4.78 is 0. The summed E-state index contributed by atoms with van der Waals surface area (Å²) in [6, 6.07) is -0.381. The van der Waals surface area contributed by atoms with Crippen LogP contribution in [0.5, 0.6) is 0 Å². The number of aliphatic hydroxyl groups excluding tert-OH is 1. The van der Waals surface area contributed by atoms with Crippen LogP contribution in [0.15, 0.2) is 0 Å². The number of rotatable bonds is 5. The first kappa shape index (κ1) is 11.2. The van der Waals surface area contributed by atoms with Gasteiger partial charge in [-0.15, -0.1) is 0 Å². The summed E-state index contributed by atoms with van der Waals surface area (Å²) in [7, 11) is 0. The molecule has 0 aromatic rings. The number of hydrogen-bond donors (Lipinski definition) is 3. The van der Waals surface area contributed by atoms with E-state index in [-0.39, 0.29) is 6.04 Å². The van der Waals surface area contributed by atoms with Gasteiger partial charge >= 0.3 is 6.09 Å². The van der Waals surface area contributed by atoms with Gasteiger partial charge in [0.15, 0.2) is 0 Å². The Labute approximate surface area is 72.6 Å². The van der Waals surface area contributed by atoms with Crippen molar-refractivity contribution in [2.45, 2.75) is 45.3 Å². The predicted molar refractivity (Wildman–Crippen MR) is 46.2 cm³/mol. The fourth-order valence-corrected chi connectivity index (χ4v) is 0.954. The Bertz CT molecular complexity index is 138. The van der Waals surface area contributed by atoms with Crippen LogP contribution < -0.4 is 5.32 Å². The average molecular weight is 175 g/mol. The molecular formula is C8H17NO3. The lowest BCUT2D eigenvalue weighted by Gasteiger charge is -2.17. The molecule has 2 atom stereocenters. The van der Waals surface area contributed by atoms with Gasteiger partial charge in [0.1, 0.15) is 0 Å². The molecular weight excluding hydrogens is 158 g/mol. The molecule has 4 nitrogen and oxygen atoms in total. The van der Waals surface area contributed by atoms with Crippen LogP contribution in [0.3, 0.4) is 0 Å². The van der Waals surface area contributed by atoms with Gasteiger partial charge < -0.3 is 15.5 Å². The number of carboxylic acid groups (broad SMARTS) is 1. The Hall–Kier alpha value is -0.770. The molecule has 1 amide bonds. The largest absolute Gasteiger partial charge is 0.465 e. The molecule has 0 aliphatic heterocycles. The fourth-order valence-electron chi connectivity index (χ4n) is 0.954. The van der Waals surface area contributed by atoms with Gasteiger partial charge in [0, 0.05) is 0 Å². The van der Waals surface area contributed by atoms with Crippen LogP contribution in [0.2, 0.25) is 0 Å². The number of amides is 1. The molecule has 0 spiro atoms.